The molecule has 0 atom stereocenters. The molecule has 3 rings (SSSR count). The van der Waals surface area contributed by atoms with Crippen LogP contribution in [0.15, 0.2) is 29.0 Å². The highest BCUT2D eigenvalue weighted by Crippen LogP contribution is 2.31. The fraction of sp³-hybridized carbons (Fsp3) is 0.154. The molecule has 0 aliphatic heterocycles. The Morgan fingerprint density at radius 1 is 1.33 bits per heavy atom. The van der Waals surface area contributed by atoms with Gasteiger partial charge in [-0.15, -0.1) is 11.6 Å². The van der Waals surface area contributed by atoms with Crippen LogP contribution in [-0.4, -0.2) is 26.6 Å². The lowest BCUT2D eigenvalue weighted by Gasteiger charge is -2.10. The van der Waals surface area contributed by atoms with E-state index in [9.17, 15) is 0 Å². The van der Waals surface area contributed by atoms with Crippen molar-refractivity contribution in [1.82, 2.24) is 19.5 Å². The van der Waals surface area contributed by atoms with Crippen LogP contribution < -0.4 is 4.74 Å². The van der Waals surface area contributed by atoms with E-state index in [4.69, 9.17) is 27.9 Å². The highest BCUT2D eigenvalue weighted by Gasteiger charge is 2.18. The maximum Gasteiger partial charge on any atom is 0.245 e. The lowest BCUT2D eigenvalue weighted by Crippen LogP contribution is -2.01. The molecule has 0 N–H and O–H groups in total. The van der Waals surface area contributed by atoms with Gasteiger partial charge in [0.25, 0.3) is 0 Å². The number of nitrogens with zero attached hydrogens (tertiary/aromatic N) is 4. The van der Waals surface area contributed by atoms with Crippen molar-refractivity contribution in [1.29, 1.82) is 0 Å². The Bertz CT molecular complexity index is 821. The number of benzene rings is 1. The number of aromatic nitrogens is 4. The first-order chi connectivity index (χ1) is 10.2. The summed E-state index contributed by atoms with van der Waals surface area (Å²) in [6, 6.07) is 5.47. The lowest BCUT2D eigenvalue weighted by molar-refractivity contribution is 0.401. The molecule has 1 aromatic carbocycles. The highest BCUT2D eigenvalue weighted by molar-refractivity contribution is 9.10. The molecule has 0 saturated carbocycles. The van der Waals surface area contributed by atoms with E-state index in [0.717, 1.165) is 10.2 Å². The topological polar surface area (TPSA) is 52.8 Å². The quantitative estimate of drug-likeness (QED) is 0.638. The summed E-state index contributed by atoms with van der Waals surface area (Å²) in [5.41, 5.74) is 1.98. The predicted molar refractivity (Wildman–Crippen MR) is 85.5 cm³/mol. The summed E-state index contributed by atoms with van der Waals surface area (Å²) in [7, 11) is 1.54. The zero-order chi connectivity index (χ0) is 15.0. The van der Waals surface area contributed by atoms with E-state index in [2.05, 4.69) is 30.9 Å². The first-order valence-corrected chi connectivity index (χ1v) is 7.64. The molecule has 2 aromatic heterocycles. The van der Waals surface area contributed by atoms with Crippen LogP contribution in [0.4, 0.5) is 0 Å². The molecule has 2 heterocycles. The number of fused-ring (bicyclic) bond motifs is 1. The number of alkyl halides is 1. The first-order valence-electron chi connectivity index (χ1n) is 5.93. The lowest BCUT2D eigenvalue weighted by atomic mass is 10.3. The van der Waals surface area contributed by atoms with Crippen molar-refractivity contribution in [2.45, 2.75) is 5.88 Å². The Kier molecular flexibility index (Phi) is 4.01. The summed E-state index contributed by atoms with van der Waals surface area (Å²) in [6.07, 6.45) is 1.43. The van der Waals surface area contributed by atoms with E-state index < -0.39 is 0 Å². The van der Waals surface area contributed by atoms with Crippen LogP contribution in [0.3, 0.4) is 0 Å². The van der Waals surface area contributed by atoms with Crippen molar-refractivity contribution in [2.75, 3.05) is 7.11 Å². The predicted octanol–water partition coefficient (Wildman–Crippen LogP) is 3.98. The minimum atomic E-state index is 0.221. The van der Waals surface area contributed by atoms with E-state index in [1.807, 2.05) is 16.7 Å². The summed E-state index contributed by atoms with van der Waals surface area (Å²) in [6.45, 7) is 0. The third kappa shape index (κ3) is 2.47. The summed E-state index contributed by atoms with van der Waals surface area (Å²) in [5, 5.41) is 0.608. The smallest absolute Gasteiger partial charge is 0.245 e. The largest absolute Gasteiger partial charge is 0.479 e. The van der Waals surface area contributed by atoms with Crippen molar-refractivity contribution < 1.29 is 4.74 Å². The van der Waals surface area contributed by atoms with Crippen molar-refractivity contribution in [3.63, 3.8) is 0 Å². The van der Waals surface area contributed by atoms with Gasteiger partial charge in [0, 0.05) is 9.50 Å². The number of hydrogen-bond donors (Lipinski definition) is 0. The molecule has 0 spiro atoms. The summed E-state index contributed by atoms with van der Waals surface area (Å²) < 4.78 is 7.91. The average molecular weight is 388 g/mol. The molecule has 0 bridgehead atoms. The van der Waals surface area contributed by atoms with E-state index in [1.165, 1.54) is 13.4 Å². The Morgan fingerprint density at radius 3 is 2.86 bits per heavy atom. The molecule has 21 heavy (non-hydrogen) atoms. The van der Waals surface area contributed by atoms with Crippen LogP contribution in [0, 0.1) is 0 Å². The molecule has 5 nitrogen and oxygen atoms in total. The average Bonchev–Trinajstić information content (AvgIpc) is 2.88. The second kappa shape index (κ2) is 5.79. The third-order valence-corrected chi connectivity index (χ3v) is 4.09. The number of hydrogen-bond acceptors (Lipinski definition) is 4. The van der Waals surface area contributed by atoms with Crippen LogP contribution in [0.1, 0.15) is 5.82 Å². The highest BCUT2D eigenvalue weighted by atomic mass is 79.9. The van der Waals surface area contributed by atoms with Gasteiger partial charge < -0.3 is 4.74 Å². The van der Waals surface area contributed by atoms with Gasteiger partial charge in [-0.25, -0.2) is 9.97 Å². The molecule has 3 aromatic rings. The summed E-state index contributed by atoms with van der Waals surface area (Å²) in [5.74, 6) is 1.26. The van der Waals surface area contributed by atoms with Gasteiger partial charge in [0.05, 0.1) is 18.7 Å². The van der Waals surface area contributed by atoms with Crippen LogP contribution in [0.5, 0.6) is 5.88 Å². The molecular formula is C13H9BrCl2N4O. The van der Waals surface area contributed by atoms with Gasteiger partial charge >= 0.3 is 0 Å². The van der Waals surface area contributed by atoms with Crippen LogP contribution >= 0.6 is 39.1 Å². The summed E-state index contributed by atoms with van der Waals surface area (Å²) >= 11 is 15.6. The molecule has 8 heteroatoms. The van der Waals surface area contributed by atoms with Gasteiger partial charge in [-0.05, 0) is 34.1 Å². The monoisotopic (exact) mass is 386 g/mol. The number of imidazole rings is 1. The molecule has 0 saturated heterocycles. The van der Waals surface area contributed by atoms with E-state index in [0.29, 0.717) is 27.9 Å². The molecule has 0 unspecified atom stereocenters. The van der Waals surface area contributed by atoms with Crippen molar-refractivity contribution >= 4 is 50.3 Å². The minimum absolute atomic E-state index is 0.221. The normalized spacial score (nSPS) is 11.0. The van der Waals surface area contributed by atoms with Crippen molar-refractivity contribution in [3.8, 4) is 11.6 Å². The third-order valence-electron chi connectivity index (χ3n) is 2.94. The van der Waals surface area contributed by atoms with Gasteiger partial charge in [0.1, 0.15) is 12.2 Å². The maximum atomic E-state index is 6.09. The van der Waals surface area contributed by atoms with E-state index >= 15 is 0 Å². The molecule has 0 amide bonds. The number of methoxy groups -OCH3 is 1. The Hall–Kier alpha value is -1.37. The first kappa shape index (κ1) is 14.6. The second-order valence-corrected chi connectivity index (χ2v) is 5.71. The fourth-order valence-corrected chi connectivity index (χ4v) is 2.84. The Labute approximate surface area is 139 Å². The number of rotatable bonds is 3. The zero-order valence-corrected chi connectivity index (χ0v) is 13.9. The molecule has 108 valence electrons. The van der Waals surface area contributed by atoms with Crippen LogP contribution in [0.25, 0.3) is 16.9 Å². The van der Waals surface area contributed by atoms with Crippen molar-refractivity contribution in [2.24, 2.45) is 0 Å². The van der Waals surface area contributed by atoms with Gasteiger partial charge in [0.15, 0.2) is 11.2 Å². The fourth-order valence-electron chi connectivity index (χ4n) is 2.07. The molecule has 0 aliphatic carbocycles. The maximum absolute atomic E-state index is 6.09. The Balaban J connectivity index is 2.38. The molecule has 0 fully saturated rings. The second-order valence-electron chi connectivity index (χ2n) is 4.15. The van der Waals surface area contributed by atoms with Gasteiger partial charge in [-0.3, -0.25) is 4.57 Å². The van der Waals surface area contributed by atoms with Gasteiger partial charge in [-0.1, -0.05) is 11.6 Å². The molecule has 0 radical (unpaired) electrons. The molecular weight excluding hydrogens is 379 g/mol. The number of halogens is 3. The zero-order valence-electron chi connectivity index (χ0n) is 10.8. The number of ether oxygens (including phenoxy) is 1. The van der Waals surface area contributed by atoms with Crippen LogP contribution in [-0.2, 0) is 5.88 Å². The summed E-state index contributed by atoms with van der Waals surface area (Å²) in [4.78, 5) is 12.8. The standard InChI is InChI=1S/C13H9BrCl2N4O/c1-21-13-11-12(17-6-18-13)20(10(5-15)19-11)9-4-7(16)2-3-8(9)14/h2-4,6H,5H2,1H3. The minimum Gasteiger partial charge on any atom is -0.479 e. The van der Waals surface area contributed by atoms with Crippen molar-refractivity contribution in [3.05, 3.63) is 39.8 Å². The molecule has 0 aliphatic rings. The Morgan fingerprint density at radius 2 is 2.14 bits per heavy atom. The van der Waals surface area contributed by atoms with E-state index in [1.54, 1.807) is 6.07 Å². The van der Waals surface area contributed by atoms with Gasteiger partial charge in [-0.2, -0.15) is 4.98 Å². The van der Waals surface area contributed by atoms with E-state index in [-0.39, 0.29) is 5.88 Å². The SMILES string of the molecule is COc1ncnc2c1nc(CCl)n2-c1cc(Cl)ccc1Br. The van der Waals surface area contributed by atoms with Gasteiger partial charge in [0.2, 0.25) is 5.88 Å². The van der Waals surface area contributed by atoms with Crippen LogP contribution in [0.2, 0.25) is 5.02 Å².